The van der Waals surface area contributed by atoms with E-state index in [0.717, 1.165) is 29.7 Å². The van der Waals surface area contributed by atoms with Gasteiger partial charge in [-0.25, -0.2) is 4.79 Å². The molecule has 26 heavy (non-hydrogen) atoms. The number of carbonyl (C=O) groups excluding carboxylic acids is 2. The summed E-state index contributed by atoms with van der Waals surface area (Å²) in [5, 5.41) is 2.91. The lowest BCUT2D eigenvalue weighted by molar-refractivity contribution is -0.116. The van der Waals surface area contributed by atoms with Crippen molar-refractivity contribution in [1.29, 1.82) is 0 Å². The van der Waals surface area contributed by atoms with Gasteiger partial charge < -0.3 is 19.9 Å². The number of nitrogens with one attached hydrogen (secondary N) is 1. The second-order valence-electron chi connectivity index (χ2n) is 6.96. The van der Waals surface area contributed by atoms with Crippen LogP contribution in [-0.2, 0) is 9.53 Å². The summed E-state index contributed by atoms with van der Waals surface area (Å²) in [6.07, 6.45) is 1.10. The van der Waals surface area contributed by atoms with Crippen LogP contribution < -0.4 is 5.32 Å². The lowest BCUT2D eigenvalue weighted by Gasteiger charge is -2.22. The van der Waals surface area contributed by atoms with Crippen molar-refractivity contribution in [3.05, 3.63) is 28.7 Å². The zero-order valence-corrected chi connectivity index (χ0v) is 17.1. The molecule has 0 bridgehead atoms. The van der Waals surface area contributed by atoms with Crippen molar-refractivity contribution >= 4 is 33.6 Å². The van der Waals surface area contributed by atoms with Crippen molar-refractivity contribution in [3.8, 4) is 0 Å². The number of halogens is 1. The lowest BCUT2D eigenvalue weighted by atomic mass is 10.2. The normalized spacial score (nSPS) is 15.6. The van der Waals surface area contributed by atoms with E-state index in [0.29, 0.717) is 38.6 Å². The third-order valence-corrected chi connectivity index (χ3v) is 4.70. The summed E-state index contributed by atoms with van der Waals surface area (Å²) < 4.78 is 6.29. The van der Waals surface area contributed by atoms with E-state index in [1.54, 1.807) is 4.90 Å². The van der Waals surface area contributed by atoms with Crippen molar-refractivity contribution in [1.82, 2.24) is 9.80 Å². The van der Waals surface area contributed by atoms with E-state index >= 15 is 0 Å². The number of rotatable bonds is 6. The number of anilines is 1. The molecule has 1 fully saturated rings. The molecule has 6 nitrogen and oxygen atoms in total. The first kappa shape index (κ1) is 20.7. The molecular weight excluding hydrogens is 398 g/mol. The molecule has 2 amide bonds. The largest absolute Gasteiger partial charge is 0.449 e. The van der Waals surface area contributed by atoms with Gasteiger partial charge in [0.25, 0.3) is 0 Å². The van der Waals surface area contributed by atoms with Crippen LogP contribution in [0, 0.1) is 5.92 Å². The van der Waals surface area contributed by atoms with E-state index in [9.17, 15) is 9.59 Å². The van der Waals surface area contributed by atoms with E-state index in [1.807, 2.05) is 38.1 Å². The number of amides is 2. The second-order valence-corrected chi connectivity index (χ2v) is 7.87. The molecular formula is C19H28BrN3O3. The Labute approximate surface area is 164 Å². The van der Waals surface area contributed by atoms with Crippen LogP contribution in [0.1, 0.15) is 26.7 Å². The van der Waals surface area contributed by atoms with E-state index in [4.69, 9.17) is 4.74 Å². The zero-order chi connectivity index (χ0) is 18.9. The molecule has 0 atom stereocenters. The molecule has 0 spiro atoms. The van der Waals surface area contributed by atoms with Crippen LogP contribution in [0.25, 0.3) is 0 Å². The summed E-state index contributed by atoms with van der Waals surface area (Å²) in [5.41, 5.74) is 0.799. The molecule has 1 aliphatic heterocycles. The highest BCUT2D eigenvalue weighted by Crippen LogP contribution is 2.14. The molecule has 0 radical (unpaired) electrons. The van der Waals surface area contributed by atoms with Gasteiger partial charge in [-0.3, -0.25) is 4.79 Å². The first-order valence-electron chi connectivity index (χ1n) is 9.13. The van der Waals surface area contributed by atoms with E-state index in [1.165, 1.54) is 0 Å². The minimum atomic E-state index is -0.228. The summed E-state index contributed by atoms with van der Waals surface area (Å²) in [6, 6.07) is 7.54. The first-order chi connectivity index (χ1) is 12.4. The minimum Gasteiger partial charge on any atom is -0.449 e. The molecule has 1 aromatic carbocycles. The fraction of sp³-hybridized carbons (Fsp3) is 0.579. The molecule has 144 valence electrons. The minimum absolute atomic E-state index is 0.00442. The highest BCUT2D eigenvalue weighted by molar-refractivity contribution is 9.10. The molecule has 0 saturated carbocycles. The Kier molecular flexibility index (Phi) is 8.38. The molecule has 2 rings (SSSR count). The van der Waals surface area contributed by atoms with Gasteiger partial charge in [-0.05, 0) is 43.1 Å². The Balaban J connectivity index is 1.71. The topological polar surface area (TPSA) is 61.9 Å². The van der Waals surface area contributed by atoms with Gasteiger partial charge >= 0.3 is 6.09 Å². The molecule has 1 aromatic rings. The predicted octanol–water partition coefficient (Wildman–Crippen LogP) is 3.58. The summed E-state index contributed by atoms with van der Waals surface area (Å²) in [7, 11) is 0. The van der Waals surface area contributed by atoms with Crippen LogP contribution in [-0.4, -0.2) is 61.1 Å². The standard InChI is InChI=1S/C19H28BrN3O3/c1-15(2)14-26-19(25)23-10-3-9-22(12-13-23)11-8-18(24)21-17-6-4-16(20)5-7-17/h4-7,15H,3,8-14H2,1-2H3,(H,21,24). The van der Waals surface area contributed by atoms with Gasteiger partial charge in [0.1, 0.15) is 0 Å². The smallest absolute Gasteiger partial charge is 0.409 e. The highest BCUT2D eigenvalue weighted by atomic mass is 79.9. The average Bonchev–Trinajstić information content (AvgIpc) is 2.85. The zero-order valence-electron chi connectivity index (χ0n) is 15.5. The summed E-state index contributed by atoms with van der Waals surface area (Å²) >= 11 is 3.38. The van der Waals surface area contributed by atoms with Crippen molar-refractivity contribution in [2.45, 2.75) is 26.7 Å². The van der Waals surface area contributed by atoms with Crippen molar-refractivity contribution < 1.29 is 14.3 Å². The van der Waals surface area contributed by atoms with Gasteiger partial charge in [-0.15, -0.1) is 0 Å². The fourth-order valence-corrected chi connectivity index (χ4v) is 2.99. The quantitative estimate of drug-likeness (QED) is 0.756. The molecule has 1 N–H and O–H groups in total. The number of carbonyl (C=O) groups is 2. The number of hydrogen-bond acceptors (Lipinski definition) is 4. The molecule has 0 unspecified atom stereocenters. The number of hydrogen-bond donors (Lipinski definition) is 1. The van der Waals surface area contributed by atoms with Crippen molar-refractivity contribution in [2.75, 3.05) is 44.6 Å². The summed E-state index contributed by atoms with van der Waals surface area (Å²) in [6.45, 7) is 8.20. The molecule has 7 heteroatoms. The van der Waals surface area contributed by atoms with Crippen LogP contribution in [0.15, 0.2) is 28.7 Å². The Morgan fingerprint density at radius 2 is 1.88 bits per heavy atom. The number of ether oxygens (including phenoxy) is 1. The van der Waals surface area contributed by atoms with E-state index < -0.39 is 0 Å². The molecule has 1 saturated heterocycles. The van der Waals surface area contributed by atoms with Gasteiger partial charge in [-0.1, -0.05) is 29.8 Å². The SMILES string of the molecule is CC(C)COC(=O)N1CCCN(CCC(=O)Nc2ccc(Br)cc2)CC1. The van der Waals surface area contributed by atoms with Crippen molar-refractivity contribution in [2.24, 2.45) is 5.92 Å². The molecule has 0 aromatic heterocycles. The third-order valence-electron chi connectivity index (χ3n) is 4.17. The van der Waals surface area contributed by atoms with Gasteiger partial charge in [0.2, 0.25) is 5.91 Å². The fourth-order valence-electron chi connectivity index (χ4n) is 2.72. The van der Waals surface area contributed by atoms with Crippen LogP contribution >= 0.6 is 15.9 Å². The van der Waals surface area contributed by atoms with Crippen LogP contribution in [0.5, 0.6) is 0 Å². The third kappa shape index (κ3) is 7.33. The summed E-state index contributed by atoms with van der Waals surface area (Å²) in [4.78, 5) is 28.2. The maximum Gasteiger partial charge on any atom is 0.409 e. The molecule has 1 heterocycles. The van der Waals surface area contributed by atoms with E-state index in [-0.39, 0.29) is 12.0 Å². The Morgan fingerprint density at radius 3 is 2.58 bits per heavy atom. The van der Waals surface area contributed by atoms with Crippen molar-refractivity contribution in [3.63, 3.8) is 0 Å². The Morgan fingerprint density at radius 1 is 1.15 bits per heavy atom. The van der Waals surface area contributed by atoms with Crippen LogP contribution in [0.4, 0.5) is 10.5 Å². The monoisotopic (exact) mass is 425 g/mol. The van der Waals surface area contributed by atoms with Gasteiger partial charge in [0.15, 0.2) is 0 Å². The second kappa shape index (κ2) is 10.5. The first-order valence-corrected chi connectivity index (χ1v) is 9.93. The molecule has 1 aliphatic rings. The maximum absolute atomic E-state index is 12.1. The Bertz CT molecular complexity index is 592. The average molecular weight is 426 g/mol. The summed E-state index contributed by atoms with van der Waals surface area (Å²) in [5.74, 6) is 0.344. The van der Waals surface area contributed by atoms with Crippen LogP contribution in [0.3, 0.4) is 0 Å². The van der Waals surface area contributed by atoms with E-state index in [2.05, 4.69) is 26.1 Å². The maximum atomic E-state index is 12.1. The molecule has 0 aliphatic carbocycles. The predicted molar refractivity (Wildman–Crippen MR) is 106 cm³/mol. The number of benzene rings is 1. The van der Waals surface area contributed by atoms with Gasteiger partial charge in [0, 0.05) is 42.8 Å². The Hall–Kier alpha value is -1.60. The van der Waals surface area contributed by atoms with Gasteiger partial charge in [-0.2, -0.15) is 0 Å². The number of nitrogens with zero attached hydrogens (tertiary/aromatic N) is 2. The highest BCUT2D eigenvalue weighted by Gasteiger charge is 2.20. The van der Waals surface area contributed by atoms with Crippen LogP contribution in [0.2, 0.25) is 0 Å². The van der Waals surface area contributed by atoms with Gasteiger partial charge in [0.05, 0.1) is 6.61 Å². The lowest BCUT2D eigenvalue weighted by Crippen LogP contribution is -2.36.